The topological polar surface area (TPSA) is 26.3 Å². The highest BCUT2D eigenvalue weighted by Gasteiger charge is 2.31. The molecule has 1 saturated carbocycles. The van der Waals surface area contributed by atoms with E-state index in [1.807, 2.05) is 0 Å². The van der Waals surface area contributed by atoms with Crippen molar-refractivity contribution in [3.05, 3.63) is 32.8 Å². The van der Waals surface area contributed by atoms with Crippen molar-refractivity contribution in [3.63, 3.8) is 0 Å². The molecule has 1 aromatic rings. The van der Waals surface area contributed by atoms with Gasteiger partial charge < -0.3 is 4.74 Å². The number of hydrogen-bond donors (Lipinski definition) is 0. The Morgan fingerprint density at radius 1 is 1.37 bits per heavy atom. The third-order valence-electron chi connectivity index (χ3n) is 3.44. The monoisotopic (exact) mass is 320 g/mol. The molecule has 0 heterocycles. The molecule has 0 N–H and O–H groups in total. The average Bonchev–Trinajstić information content (AvgIpc) is 3.05. The summed E-state index contributed by atoms with van der Waals surface area (Å²) in [5.41, 5.74) is 0.221. The van der Waals surface area contributed by atoms with Crippen molar-refractivity contribution in [3.8, 4) is 0 Å². The second-order valence-electron chi connectivity index (χ2n) is 5.00. The van der Waals surface area contributed by atoms with E-state index in [0.717, 1.165) is 24.7 Å². The lowest BCUT2D eigenvalue weighted by Gasteiger charge is -2.07. The first kappa shape index (κ1) is 15.0. The lowest BCUT2D eigenvalue weighted by atomic mass is 10.2. The zero-order valence-electron chi connectivity index (χ0n) is 10.6. The highest BCUT2D eigenvalue weighted by atomic mass is 35.5. The van der Waals surface area contributed by atoms with Crippen LogP contribution < -0.4 is 0 Å². The van der Waals surface area contributed by atoms with Crippen molar-refractivity contribution in [2.75, 3.05) is 6.61 Å². The van der Waals surface area contributed by atoms with Crippen molar-refractivity contribution >= 4 is 40.8 Å². The van der Waals surface area contributed by atoms with Gasteiger partial charge in [-0.3, -0.25) is 0 Å². The molecule has 1 aliphatic carbocycles. The van der Waals surface area contributed by atoms with Gasteiger partial charge in [0.15, 0.2) is 0 Å². The minimum Gasteiger partial charge on any atom is -0.462 e. The summed E-state index contributed by atoms with van der Waals surface area (Å²) in [7, 11) is 0. The van der Waals surface area contributed by atoms with E-state index >= 15 is 0 Å². The first-order valence-corrected chi connectivity index (χ1v) is 7.44. The van der Waals surface area contributed by atoms with Gasteiger partial charge in [-0.2, -0.15) is 0 Å². The second kappa shape index (κ2) is 6.34. The predicted molar refractivity (Wildman–Crippen MR) is 78.3 cm³/mol. The van der Waals surface area contributed by atoms with E-state index in [2.05, 4.69) is 6.92 Å². The maximum Gasteiger partial charge on any atom is 0.339 e. The Kier molecular flexibility index (Phi) is 4.99. The zero-order chi connectivity index (χ0) is 14.0. The van der Waals surface area contributed by atoms with Crippen LogP contribution in [-0.4, -0.2) is 12.6 Å². The highest BCUT2D eigenvalue weighted by Crippen LogP contribution is 2.41. The molecular formula is C14H15Cl3O2. The number of benzene rings is 1. The summed E-state index contributed by atoms with van der Waals surface area (Å²) in [6.45, 7) is 2.65. The quantitative estimate of drug-likeness (QED) is 0.421. The van der Waals surface area contributed by atoms with E-state index in [9.17, 15) is 4.79 Å². The van der Waals surface area contributed by atoms with Crippen LogP contribution in [-0.2, 0) is 4.74 Å². The van der Waals surface area contributed by atoms with Crippen LogP contribution in [0, 0.1) is 11.8 Å². The van der Waals surface area contributed by atoms with E-state index in [4.69, 9.17) is 39.5 Å². The van der Waals surface area contributed by atoms with Crippen LogP contribution in [0.4, 0.5) is 0 Å². The maximum atomic E-state index is 11.9. The Balaban J connectivity index is 1.85. The van der Waals surface area contributed by atoms with Gasteiger partial charge in [-0.15, -0.1) is 0 Å². The number of esters is 1. The molecule has 0 bridgehead atoms. The molecule has 104 valence electrons. The van der Waals surface area contributed by atoms with Gasteiger partial charge in [0.05, 0.1) is 22.2 Å². The molecule has 0 aromatic heterocycles. The molecule has 5 heteroatoms. The van der Waals surface area contributed by atoms with Crippen LogP contribution in [0.15, 0.2) is 12.1 Å². The molecule has 2 rings (SSSR count). The predicted octanol–water partition coefficient (Wildman–Crippen LogP) is 5.24. The molecule has 2 atom stereocenters. The van der Waals surface area contributed by atoms with E-state index < -0.39 is 5.97 Å². The molecule has 2 unspecified atom stereocenters. The molecule has 1 aromatic carbocycles. The molecule has 2 nitrogen and oxygen atoms in total. The van der Waals surface area contributed by atoms with Crippen LogP contribution >= 0.6 is 34.8 Å². The summed E-state index contributed by atoms with van der Waals surface area (Å²) in [4.78, 5) is 11.9. The Bertz CT molecular complexity index is 488. The molecule has 19 heavy (non-hydrogen) atoms. The average molecular weight is 322 g/mol. The van der Waals surface area contributed by atoms with Gasteiger partial charge in [0.25, 0.3) is 0 Å². The van der Waals surface area contributed by atoms with E-state index in [0.29, 0.717) is 11.6 Å². The largest absolute Gasteiger partial charge is 0.462 e. The first-order valence-electron chi connectivity index (χ1n) is 6.30. The summed E-state index contributed by atoms with van der Waals surface area (Å²) in [5, 5.41) is 0.813. The van der Waals surface area contributed by atoms with Crippen LogP contribution in [0.25, 0.3) is 0 Å². The molecule has 0 radical (unpaired) electrons. The summed E-state index contributed by atoms with van der Waals surface area (Å²) in [6, 6.07) is 2.97. The minimum absolute atomic E-state index is 0.187. The van der Waals surface area contributed by atoms with Crippen molar-refractivity contribution in [2.45, 2.75) is 26.2 Å². The van der Waals surface area contributed by atoms with Gasteiger partial charge in [0.1, 0.15) is 0 Å². The van der Waals surface area contributed by atoms with Crippen LogP contribution in [0.2, 0.25) is 15.1 Å². The van der Waals surface area contributed by atoms with E-state index in [1.165, 1.54) is 18.6 Å². The number of carbonyl (C=O) groups is 1. The lowest BCUT2D eigenvalue weighted by molar-refractivity contribution is 0.0496. The standard InChI is InChI=1S/C14H15Cl3O2/c1-8-5-9(8)3-2-4-19-14(18)11-6-10(15)7-12(16)13(11)17/h6-9H,2-5H2,1H3. The van der Waals surface area contributed by atoms with Crippen LogP contribution in [0.3, 0.4) is 0 Å². The number of ether oxygens (including phenoxy) is 1. The van der Waals surface area contributed by atoms with Gasteiger partial charge in [-0.25, -0.2) is 4.79 Å². The normalized spacial score (nSPS) is 21.3. The zero-order valence-corrected chi connectivity index (χ0v) is 12.9. The number of rotatable bonds is 5. The van der Waals surface area contributed by atoms with Crippen molar-refractivity contribution in [2.24, 2.45) is 11.8 Å². The number of halogens is 3. The van der Waals surface area contributed by atoms with Crippen LogP contribution in [0.1, 0.15) is 36.5 Å². The molecule has 0 amide bonds. The third kappa shape index (κ3) is 4.01. The Hall–Kier alpha value is -0.440. The fourth-order valence-corrected chi connectivity index (χ4v) is 2.77. The first-order chi connectivity index (χ1) is 8.99. The summed E-state index contributed by atoms with van der Waals surface area (Å²) >= 11 is 17.7. The van der Waals surface area contributed by atoms with Gasteiger partial charge in [-0.05, 0) is 43.2 Å². The Morgan fingerprint density at radius 3 is 2.68 bits per heavy atom. The lowest BCUT2D eigenvalue weighted by Crippen LogP contribution is -2.07. The molecular weight excluding hydrogens is 307 g/mol. The van der Waals surface area contributed by atoms with E-state index in [1.54, 1.807) is 0 Å². The van der Waals surface area contributed by atoms with Gasteiger partial charge in [0, 0.05) is 5.02 Å². The Morgan fingerprint density at radius 2 is 2.05 bits per heavy atom. The highest BCUT2D eigenvalue weighted by molar-refractivity contribution is 6.45. The molecule has 1 aliphatic rings. The minimum atomic E-state index is -0.474. The molecule has 1 fully saturated rings. The van der Waals surface area contributed by atoms with Crippen molar-refractivity contribution in [1.29, 1.82) is 0 Å². The summed E-state index contributed by atoms with van der Waals surface area (Å²) < 4.78 is 5.19. The Labute approximate surface area is 128 Å². The van der Waals surface area contributed by atoms with E-state index in [-0.39, 0.29) is 15.6 Å². The smallest absolute Gasteiger partial charge is 0.339 e. The second-order valence-corrected chi connectivity index (χ2v) is 6.22. The van der Waals surface area contributed by atoms with Crippen LogP contribution in [0.5, 0.6) is 0 Å². The summed E-state index contributed by atoms with van der Waals surface area (Å²) in [5.74, 6) is 1.16. The SMILES string of the molecule is CC1CC1CCCOC(=O)c1cc(Cl)cc(Cl)c1Cl. The fourth-order valence-electron chi connectivity index (χ4n) is 2.09. The maximum absolute atomic E-state index is 11.9. The van der Waals surface area contributed by atoms with Gasteiger partial charge in [0.2, 0.25) is 0 Å². The van der Waals surface area contributed by atoms with Gasteiger partial charge in [-0.1, -0.05) is 41.7 Å². The molecule has 0 aliphatic heterocycles. The van der Waals surface area contributed by atoms with Crippen molar-refractivity contribution < 1.29 is 9.53 Å². The summed E-state index contributed by atoms with van der Waals surface area (Å²) in [6.07, 6.45) is 3.29. The molecule has 0 spiro atoms. The third-order valence-corrected chi connectivity index (χ3v) is 4.46. The van der Waals surface area contributed by atoms with Gasteiger partial charge >= 0.3 is 5.97 Å². The number of hydrogen-bond acceptors (Lipinski definition) is 2. The fraction of sp³-hybridized carbons (Fsp3) is 0.500. The van der Waals surface area contributed by atoms with Crippen molar-refractivity contribution in [1.82, 2.24) is 0 Å². The molecule has 0 saturated heterocycles. The number of carbonyl (C=O) groups excluding carboxylic acids is 1.